The summed E-state index contributed by atoms with van der Waals surface area (Å²) >= 11 is 1.38. The molecule has 3 rings (SSSR count). The number of carbonyl (C=O) groups is 3. The summed E-state index contributed by atoms with van der Waals surface area (Å²) in [5.41, 5.74) is 1.17. The predicted octanol–water partition coefficient (Wildman–Crippen LogP) is 3.13. The third-order valence-corrected chi connectivity index (χ3v) is 6.23. The van der Waals surface area contributed by atoms with E-state index >= 15 is 0 Å². The Bertz CT molecular complexity index is 723. The number of esters is 1. The summed E-state index contributed by atoms with van der Waals surface area (Å²) in [6.07, 6.45) is 3.91. The minimum absolute atomic E-state index is 0.0429. The SMILES string of the molecule is Cc1sc(NC(=O)C2CC2)c(C(=O)OCC(=O)N2CCC[C@H](C)C2)c1C. The molecule has 1 saturated heterocycles. The van der Waals surface area contributed by atoms with Crippen LogP contribution in [0.1, 0.15) is 53.4 Å². The van der Waals surface area contributed by atoms with E-state index in [-0.39, 0.29) is 24.3 Å². The Kier molecular flexibility index (Phi) is 5.65. The molecule has 2 fully saturated rings. The Hall–Kier alpha value is -1.89. The lowest BCUT2D eigenvalue weighted by Gasteiger charge is -2.30. The topological polar surface area (TPSA) is 75.7 Å². The van der Waals surface area contributed by atoms with Crippen molar-refractivity contribution in [3.8, 4) is 0 Å². The summed E-state index contributed by atoms with van der Waals surface area (Å²) in [6, 6.07) is 0. The first-order valence-electron chi connectivity index (χ1n) is 9.22. The highest BCUT2D eigenvalue weighted by atomic mass is 32.1. The zero-order valence-corrected chi connectivity index (χ0v) is 16.4. The highest BCUT2D eigenvalue weighted by Crippen LogP contribution is 2.36. The molecule has 1 aliphatic carbocycles. The fourth-order valence-electron chi connectivity index (χ4n) is 3.23. The van der Waals surface area contributed by atoms with Gasteiger partial charge in [0.25, 0.3) is 5.91 Å². The summed E-state index contributed by atoms with van der Waals surface area (Å²) in [5, 5.41) is 3.38. The van der Waals surface area contributed by atoms with Gasteiger partial charge in [-0.1, -0.05) is 6.92 Å². The van der Waals surface area contributed by atoms with Crippen LogP contribution in [-0.2, 0) is 14.3 Å². The highest BCUT2D eigenvalue weighted by Gasteiger charge is 2.32. The predicted molar refractivity (Wildman–Crippen MR) is 100 cm³/mol. The molecule has 2 aliphatic rings. The van der Waals surface area contributed by atoms with Gasteiger partial charge in [0.15, 0.2) is 6.61 Å². The van der Waals surface area contributed by atoms with Gasteiger partial charge in [0.05, 0.1) is 5.56 Å². The number of hydrogen-bond donors (Lipinski definition) is 1. The number of hydrogen-bond acceptors (Lipinski definition) is 5. The second-order valence-electron chi connectivity index (χ2n) is 7.41. The summed E-state index contributed by atoms with van der Waals surface area (Å²) in [6.45, 7) is 7.05. The van der Waals surface area contributed by atoms with Crippen molar-refractivity contribution >= 4 is 34.1 Å². The Labute approximate surface area is 157 Å². The Morgan fingerprint density at radius 1 is 1.23 bits per heavy atom. The summed E-state index contributed by atoms with van der Waals surface area (Å²) in [4.78, 5) is 39.7. The van der Waals surface area contributed by atoms with E-state index in [4.69, 9.17) is 4.74 Å². The fraction of sp³-hybridized carbons (Fsp3) is 0.632. The monoisotopic (exact) mass is 378 g/mol. The highest BCUT2D eigenvalue weighted by molar-refractivity contribution is 7.16. The van der Waals surface area contributed by atoms with Crippen molar-refractivity contribution < 1.29 is 19.1 Å². The van der Waals surface area contributed by atoms with E-state index in [9.17, 15) is 14.4 Å². The van der Waals surface area contributed by atoms with Crippen molar-refractivity contribution in [1.29, 1.82) is 0 Å². The minimum atomic E-state index is -0.545. The van der Waals surface area contributed by atoms with Crippen molar-refractivity contribution in [3.63, 3.8) is 0 Å². The molecule has 1 aromatic rings. The lowest BCUT2D eigenvalue weighted by atomic mass is 10.0. The van der Waals surface area contributed by atoms with Crippen LogP contribution in [0, 0.1) is 25.7 Å². The molecular formula is C19H26N2O4S. The summed E-state index contributed by atoms with van der Waals surface area (Å²) < 4.78 is 5.30. The number of likely N-dealkylation sites (tertiary alicyclic amines) is 1. The van der Waals surface area contributed by atoms with E-state index in [0.29, 0.717) is 16.5 Å². The first kappa shape index (κ1) is 18.9. The molecule has 1 saturated carbocycles. The smallest absolute Gasteiger partial charge is 0.341 e. The fourth-order valence-corrected chi connectivity index (χ4v) is 4.28. The van der Waals surface area contributed by atoms with Gasteiger partial charge in [-0.25, -0.2) is 4.79 Å². The van der Waals surface area contributed by atoms with Gasteiger partial charge < -0.3 is 15.0 Å². The average molecular weight is 378 g/mol. The molecule has 2 amide bonds. The Morgan fingerprint density at radius 2 is 1.96 bits per heavy atom. The van der Waals surface area contributed by atoms with Gasteiger partial charge in [-0.05, 0) is 51.0 Å². The van der Waals surface area contributed by atoms with Gasteiger partial charge in [-0.15, -0.1) is 11.3 Å². The van der Waals surface area contributed by atoms with Crippen LogP contribution in [0.2, 0.25) is 0 Å². The molecule has 0 radical (unpaired) electrons. The van der Waals surface area contributed by atoms with Crippen LogP contribution in [0.15, 0.2) is 0 Å². The molecule has 1 aliphatic heterocycles. The zero-order valence-electron chi connectivity index (χ0n) is 15.6. The molecule has 7 heteroatoms. The third kappa shape index (κ3) is 4.26. The molecule has 1 atom stereocenters. The summed E-state index contributed by atoms with van der Waals surface area (Å²) in [5.74, 6) is -0.202. The van der Waals surface area contributed by atoms with Crippen LogP contribution < -0.4 is 5.32 Å². The van der Waals surface area contributed by atoms with Crippen molar-refractivity contribution in [3.05, 3.63) is 16.0 Å². The number of carbonyl (C=O) groups excluding carboxylic acids is 3. The first-order chi connectivity index (χ1) is 12.4. The van der Waals surface area contributed by atoms with Crippen LogP contribution in [0.4, 0.5) is 5.00 Å². The van der Waals surface area contributed by atoms with E-state index in [1.807, 2.05) is 13.8 Å². The largest absolute Gasteiger partial charge is 0.452 e. The van der Waals surface area contributed by atoms with Gasteiger partial charge in [-0.3, -0.25) is 9.59 Å². The molecule has 0 aromatic carbocycles. The van der Waals surface area contributed by atoms with E-state index in [1.54, 1.807) is 4.90 Å². The Morgan fingerprint density at radius 3 is 2.62 bits per heavy atom. The van der Waals surface area contributed by atoms with Gasteiger partial charge in [0, 0.05) is 23.9 Å². The number of aryl methyl sites for hydroxylation is 1. The van der Waals surface area contributed by atoms with E-state index in [1.165, 1.54) is 11.3 Å². The van der Waals surface area contributed by atoms with Crippen molar-refractivity contribution in [1.82, 2.24) is 4.90 Å². The second kappa shape index (κ2) is 7.78. The maximum Gasteiger partial charge on any atom is 0.341 e. The van der Waals surface area contributed by atoms with Gasteiger partial charge in [0.2, 0.25) is 5.91 Å². The van der Waals surface area contributed by atoms with Crippen molar-refractivity contribution in [2.45, 2.75) is 46.5 Å². The molecule has 0 bridgehead atoms. The lowest BCUT2D eigenvalue weighted by Crippen LogP contribution is -2.41. The third-order valence-electron chi connectivity index (χ3n) is 5.11. The number of nitrogens with one attached hydrogen (secondary N) is 1. The maximum absolute atomic E-state index is 12.6. The molecular weight excluding hydrogens is 352 g/mol. The van der Waals surface area contributed by atoms with Gasteiger partial charge in [-0.2, -0.15) is 0 Å². The number of nitrogens with zero attached hydrogens (tertiary/aromatic N) is 1. The van der Waals surface area contributed by atoms with Crippen LogP contribution in [0.5, 0.6) is 0 Å². The number of thiophene rings is 1. The molecule has 0 unspecified atom stereocenters. The van der Waals surface area contributed by atoms with E-state index < -0.39 is 5.97 Å². The zero-order chi connectivity index (χ0) is 18.8. The maximum atomic E-state index is 12.6. The molecule has 1 N–H and O–H groups in total. The number of ether oxygens (including phenoxy) is 1. The van der Waals surface area contributed by atoms with Crippen molar-refractivity contribution in [2.24, 2.45) is 11.8 Å². The van der Waals surface area contributed by atoms with Crippen LogP contribution in [0.3, 0.4) is 0 Å². The second-order valence-corrected chi connectivity index (χ2v) is 8.64. The van der Waals surface area contributed by atoms with Gasteiger partial charge in [0.1, 0.15) is 5.00 Å². The molecule has 6 nitrogen and oxygen atoms in total. The summed E-state index contributed by atoms with van der Waals surface area (Å²) in [7, 11) is 0. The van der Waals surface area contributed by atoms with Crippen molar-refractivity contribution in [2.75, 3.05) is 25.0 Å². The quantitative estimate of drug-likeness (QED) is 0.799. The number of amides is 2. The van der Waals surface area contributed by atoms with E-state index in [0.717, 1.165) is 49.2 Å². The lowest BCUT2D eigenvalue weighted by molar-refractivity contribution is -0.136. The van der Waals surface area contributed by atoms with Crippen LogP contribution >= 0.6 is 11.3 Å². The molecule has 0 spiro atoms. The van der Waals surface area contributed by atoms with E-state index in [2.05, 4.69) is 12.2 Å². The van der Waals surface area contributed by atoms with Gasteiger partial charge >= 0.3 is 5.97 Å². The number of rotatable bonds is 5. The standard InChI is InChI=1S/C19H26N2O4S/c1-11-5-4-8-21(9-11)15(22)10-25-19(24)16-12(2)13(3)26-18(16)20-17(23)14-6-7-14/h11,14H,4-10H2,1-3H3,(H,20,23)/t11-/m0/s1. The molecule has 26 heavy (non-hydrogen) atoms. The normalized spacial score (nSPS) is 20.0. The average Bonchev–Trinajstić information content (AvgIpc) is 3.40. The minimum Gasteiger partial charge on any atom is -0.452 e. The first-order valence-corrected chi connectivity index (χ1v) is 10.0. The Balaban J connectivity index is 1.63. The molecule has 142 valence electrons. The molecule has 2 heterocycles. The number of anilines is 1. The van der Waals surface area contributed by atoms with Crippen LogP contribution in [0.25, 0.3) is 0 Å². The number of piperidine rings is 1. The van der Waals surface area contributed by atoms with Crippen LogP contribution in [-0.4, -0.2) is 42.4 Å². The molecule has 1 aromatic heterocycles.